The maximum atomic E-state index is 12.8. The zero-order valence-electron chi connectivity index (χ0n) is 44.2. The fourth-order valence-electron chi connectivity index (χ4n) is 7.89. The molecule has 0 saturated carbocycles. The van der Waals surface area contributed by atoms with E-state index in [0.717, 1.165) is 116 Å². The van der Waals surface area contributed by atoms with Gasteiger partial charge in [0.15, 0.2) is 6.10 Å². The number of esters is 3. The molecular weight excluding hydrogens is 829 g/mol. The van der Waals surface area contributed by atoms with Crippen LogP contribution in [0.5, 0.6) is 0 Å². The summed E-state index contributed by atoms with van der Waals surface area (Å²) in [5.41, 5.74) is 0. The molecule has 0 radical (unpaired) electrons. The van der Waals surface area contributed by atoms with Gasteiger partial charge in [-0.15, -0.1) is 0 Å². The molecule has 0 aliphatic rings. The van der Waals surface area contributed by atoms with Crippen molar-refractivity contribution in [3.05, 3.63) is 72.9 Å². The average molecular weight is 936 g/mol. The fraction of sp³-hybridized carbons (Fsp3) is 0.754. The summed E-state index contributed by atoms with van der Waals surface area (Å²) >= 11 is 0. The molecular formula is C61H106O6. The first kappa shape index (κ1) is 63.8. The number of unbranched alkanes of at least 4 members (excludes halogenated alkanes) is 28. The lowest BCUT2D eigenvalue weighted by molar-refractivity contribution is -0.167. The third-order valence-corrected chi connectivity index (χ3v) is 12.2. The molecule has 0 heterocycles. The van der Waals surface area contributed by atoms with Crippen LogP contribution in [0.2, 0.25) is 0 Å². The summed E-state index contributed by atoms with van der Waals surface area (Å²) in [6.07, 6.45) is 70.3. The molecule has 0 aromatic carbocycles. The predicted octanol–water partition coefficient (Wildman–Crippen LogP) is 19.0. The number of rotatable bonds is 51. The highest BCUT2D eigenvalue weighted by Gasteiger charge is 2.19. The molecule has 0 amide bonds. The van der Waals surface area contributed by atoms with Crippen LogP contribution < -0.4 is 0 Å². The standard InChI is InChI=1S/C61H106O6/c1-4-7-10-13-16-19-22-25-28-31-34-36-39-42-45-48-51-54-60(63)66-57-58(67-61(64)55-52-49-46-43-40-37-33-30-27-24-21-18-15-12-9-6-3)56-65-59(62)53-50-47-44-41-38-35-32-29-26-23-20-17-14-11-8-5-2/h7,10,16,19,25,28-30,32-34,36,58H,4-6,8-9,11-15,17-18,20-24,26-27,31,35,37-57H2,1-3H3/b10-7-,19-16-,28-25-,32-29-,33-30-,36-34-. The minimum atomic E-state index is -0.793. The molecule has 0 bridgehead atoms. The Morgan fingerprint density at radius 2 is 0.582 bits per heavy atom. The van der Waals surface area contributed by atoms with E-state index in [1.165, 1.54) is 122 Å². The van der Waals surface area contributed by atoms with Gasteiger partial charge in [0.1, 0.15) is 13.2 Å². The summed E-state index contributed by atoms with van der Waals surface area (Å²) < 4.78 is 16.8. The Morgan fingerprint density at radius 1 is 0.313 bits per heavy atom. The van der Waals surface area contributed by atoms with Crippen LogP contribution in [0.25, 0.3) is 0 Å². The molecule has 0 spiro atoms. The first-order valence-electron chi connectivity index (χ1n) is 28.4. The normalized spacial score (nSPS) is 12.6. The molecule has 0 aliphatic carbocycles. The Labute approximate surface area is 414 Å². The highest BCUT2D eigenvalue weighted by Crippen LogP contribution is 2.14. The van der Waals surface area contributed by atoms with Crippen LogP contribution in [0.1, 0.15) is 278 Å². The highest BCUT2D eigenvalue weighted by molar-refractivity contribution is 5.71. The Hall–Kier alpha value is -3.15. The summed E-state index contributed by atoms with van der Waals surface area (Å²) in [6.45, 7) is 6.50. The van der Waals surface area contributed by atoms with E-state index in [4.69, 9.17) is 14.2 Å². The summed E-state index contributed by atoms with van der Waals surface area (Å²) in [5, 5.41) is 0. The minimum absolute atomic E-state index is 0.0905. The minimum Gasteiger partial charge on any atom is -0.462 e. The van der Waals surface area contributed by atoms with Crippen molar-refractivity contribution in [1.82, 2.24) is 0 Å². The number of allylic oxidation sites excluding steroid dienone is 12. The van der Waals surface area contributed by atoms with Crippen molar-refractivity contribution in [3.63, 3.8) is 0 Å². The van der Waals surface area contributed by atoms with Gasteiger partial charge in [0.05, 0.1) is 0 Å². The molecule has 0 N–H and O–H groups in total. The van der Waals surface area contributed by atoms with E-state index < -0.39 is 6.10 Å². The van der Waals surface area contributed by atoms with Gasteiger partial charge in [-0.2, -0.15) is 0 Å². The zero-order valence-corrected chi connectivity index (χ0v) is 44.2. The van der Waals surface area contributed by atoms with E-state index in [1.807, 2.05) is 0 Å². The van der Waals surface area contributed by atoms with Gasteiger partial charge in [0.2, 0.25) is 0 Å². The molecule has 0 aromatic rings. The second-order valence-corrected chi connectivity index (χ2v) is 18.8. The number of carbonyl (C=O) groups excluding carboxylic acids is 3. The van der Waals surface area contributed by atoms with Gasteiger partial charge >= 0.3 is 17.9 Å². The smallest absolute Gasteiger partial charge is 0.306 e. The van der Waals surface area contributed by atoms with Crippen LogP contribution in [0.4, 0.5) is 0 Å². The number of hydrogen-bond acceptors (Lipinski definition) is 6. The van der Waals surface area contributed by atoms with Crippen molar-refractivity contribution < 1.29 is 28.6 Å². The lowest BCUT2D eigenvalue weighted by Crippen LogP contribution is -2.30. The van der Waals surface area contributed by atoms with Crippen LogP contribution >= 0.6 is 0 Å². The van der Waals surface area contributed by atoms with Gasteiger partial charge in [-0.1, -0.05) is 222 Å². The molecule has 1 unspecified atom stereocenters. The van der Waals surface area contributed by atoms with Crippen LogP contribution in [0.15, 0.2) is 72.9 Å². The zero-order chi connectivity index (χ0) is 48.6. The first-order valence-corrected chi connectivity index (χ1v) is 28.4. The molecule has 6 nitrogen and oxygen atoms in total. The van der Waals surface area contributed by atoms with E-state index in [2.05, 4.69) is 93.7 Å². The van der Waals surface area contributed by atoms with Crippen molar-refractivity contribution in [3.8, 4) is 0 Å². The summed E-state index contributed by atoms with van der Waals surface area (Å²) in [5.74, 6) is -0.924. The molecule has 0 saturated heterocycles. The van der Waals surface area contributed by atoms with Crippen molar-refractivity contribution >= 4 is 17.9 Å². The Morgan fingerprint density at radius 3 is 0.925 bits per heavy atom. The Bertz CT molecular complexity index is 1260. The van der Waals surface area contributed by atoms with Crippen molar-refractivity contribution in [2.75, 3.05) is 13.2 Å². The van der Waals surface area contributed by atoms with E-state index in [9.17, 15) is 14.4 Å². The monoisotopic (exact) mass is 935 g/mol. The van der Waals surface area contributed by atoms with Gasteiger partial charge in [-0.05, 0) is 109 Å². The molecule has 0 aromatic heterocycles. The van der Waals surface area contributed by atoms with Gasteiger partial charge in [-0.3, -0.25) is 14.4 Å². The van der Waals surface area contributed by atoms with E-state index in [1.54, 1.807) is 0 Å². The topological polar surface area (TPSA) is 78.9 Å². The third-order valence-electron chi connectivity index (χ3n) is 12.2. The number of hydrogen-bond donors (Lipinski definition) is 0. The predicted molar refractivity (Wildman–Crippen MR) is 288 cm³/mol. The molecule has 386 valence electrons. The third kappa shape index (κ3) is 53.7. The van der Waals surface area contributed by atoms with E-state index >= 15 is 0 Å². The van der Waals surface area contributed by atoms with Crippen LogP contribution in [-0.4, -0.2) is 37.2 Å². The van der Waals surface area contributed by atoms with Gasteiger partial charge in [0, 0.05) is 19.3 Å². The van der Waals surface area contributed by atoms with Gasteiger partial charge in [0.25, 0.3) is 0 Å². The lowest BCUT2D eigenvalue weighted by atomic mass is 10.1. The van der Waals surface area contributed by atoms with Crippen molar-refractivity contribution in [1.29, 1.82) is 0 Å². The number of ether oxygens (including phenoxy) is 3. The second-order valence-electron chi connectivity index (χ2n) is 18.8. The molecule has 67 heavy (non-hydrogen) atoms. The molecule has 6 heteroatoms. The Balaban J connectivity index is 4.44. The van der Waals surface area contributed by atoms with Crippen LogP contribution in [-0.2, 0) is 28.6 Å². The SMILES string of the molecule is CC/C=C\C/C=C\C/C=C\C/C=C\CCCCCCC(=O)OCC(COC(=O)CCCCCCC/C=C\CCCCCCCCC)OC(=O)CCCCCCC/C=C\CCCCCCCCC. The molecule has 0 fully saturated rings. The van der Waals surface area contributed by atoms with Crippen molar-refractivity contribution in [2.45, 2.75) is 284 Å². The summed E-state index contributed by atoms with van der Waals surface area (Å²) in [4.78, 5) is 38.1. The largest absolute Gasteiger partial charge is 0.462 e. The number of carbonyl (C=O) groups is 3. The van der Waals surface area contributed by atoms with E-state index in [-0.39, 0.29) is 31.1 Å². The average Bonchev–Trinajstić information content (AvgIpc) is 3.33. The first-order chi connectivity index (χ1) is 33.0. The molecule has 0 rings (SSSR count). The van der Waals surface area contributed by atoms with E-state index in [0.29, 0.717) is 19.3 Å². The van der Waals surface area contributed by atoms with Gasteiger partial charge in [-0.25, -0.2) is 0 Å². The maximum absolute atomic E-state index is 12.8. The summed E-state index contributed by atoms with van der Waals surface area (Å²) in [6, 6.07) is 0. The summed E-state index contributed by atoms with van der Waals surface area (Å²) in [7, 11) is 0. The van der Waals surface area contributed by atoms with Crippen LogP contribution in [0, 0.1) is 0 Å². The maximum Gasteiger partial charge on any atom is 0.306 e. The second kappa shape index (κ2) is 55.4. The quantitative estimate of drug-likeness (QED) is 0.0262. The lowest BCUT2D eigenvalue weighted by Gasteiger charge is -2.18. The molecule has 1 atom stereocenters. The van der Waals surface area contributed by atoms with Gasteiger partial charge < -0.3 is 14.2 Å². The highest BCUT2D eigenvalue weighted by atomic mass is 16.6. The van der Waals surface area contributed by atoms with Crippen molar-refractivity contribution in [2.24, 2.45) is 0 Å². The Kier molecular flexibility index (Phi) is 52.8. The fourth-order valence-corrected chi connectivity index (χ4v) is 7.89. The van der Waals surface area contributed by atoms with Crippen LogP contribution in [0.3, 0.4) is 0 Å². The molecule has 0 aliphatic heterocycles.